The number of nitrogens with zero attached hydrogens (tertiary/aromatic N) is 2. The number of anilines is 1. The first-order valence-electron chi connectivity index (χ1n) is 7.23. The zero-order chi connectivity index (χ0) is 18.7. The normalized spacial score (nSPS) is 11.1. The molecule has 0 saturated heterocycles. The number of nitriles is 1. The van der Waals surface area contributed by atoms with Crippen LogP contribution in [-0.4, -0.2) is 25.9 Å². The highest BCUT2D eigenvalue weighted by Gasteiger charge is 2.17. The van der Waals surface area contributed by atoms with Crippen molar-refractivity contribution in [2.24, 2.45) is 0 Å². The second-order valence-electron chi connectivity index (χ2n) is 5.10. The van der Waals surface area contributed by atoms with E-state index < -0.39 is 10.0 Å². The number of hydrogen-bond acceptors (Lipinski definition) is 6. The molecule has 1 aromatic heterocycles. The van der Waals surface area contributed by atoms with Crippen LogP contribution < -0.4 is 10.0 Å². The summed E-state index contributed by atoms with van der Waals surface area (Å²) in [6, 6.07) is 12.4. The van der Waals surface area contributed by atoms with Crippen LogP contribution in [0.25, 0.3) is 10.2 Å². The Balaban J connectivity index is 1.86. The van der Waals surface area contributed by atoms with Gasteiger partial charge in [0.2, 0.25) is 0 Å². The lowest BCUT2D eigenvalue weighted by Crippen LogP contribution is -2.23. The van der Waals surface area contributed by atoms with Crippen molar-refractivity contribution in [3.63, 3.8) is 0 Å². The van der Waals surface area contributed by atoms with Crippen LogP contribution in [0.3, 0.4) is 0 Å². The molecule has 10 heteroatoms. The number of benzene rings is 2. The molecule has 0 atom stereocenters. The Hall–Kier alpha value is -2.67. The number of fused-ring (bicyclic) bond motifs is 1. The van der Waals surface area contributed by atoms with Crippen molar-refractivity contribution in [2.45, 2.75) is 4.90 Å². The molecule has 0 aliphatic carbocycles. The molecule has 0 aliphatic rings. The Morgan fingerprint density at radius 2 is 1.96 bits per heavy atom. The topological polar surface area (TPSA) is 112 Å². The van der Waals surface area contributed by atoms with Crippen LogP contribution in [0.5, 0.6) is 0 Å². The van der Waals surface area contributed by atoms with E-state index in [1.165, 1.54) is 24.3 Å². The van der Waals surface area contributed by atoms with Crippen LogP contribution in [0.4, 0.5) is 5.13 Å². The van der Waals surface area contributed by atoms with Crippen molar-refractivity contribution in [3.05, 3.63) is 53.1 Å². The highest BCUT2D eigenvalue weighted by molar-refractivity contribution is 7.93. The summed E-state index contributed by atoms with van der Waals surface area (Å²) in [6.45, 7) is -0.0916. The predicted molar refractivity (Wildman–Crippen MR) is 99.8 cm³/mol. The first kappa shape index (κ1) is 18.1. The molecule has 0 saturated carbocycles. The van der Waals surface area contributed by atoms with E-state index in [4.69, 9.17) is 16.9 Å². The zero-order valence-electron chi connectivity index (χ0n) is 13.1. The third-order valence-electron chi connectivity index (χ3n) is 3.32. The lowest BCUT2D eigenvalue weighted by Gasteiger charge is -2.04. The summed E-state index contributed by atoms with van der Waals surface area (Å²) in [7, 11) is -3.79. The Kier molecular flexibility index (Phi) is 5.08. The number of carbonyl (C=O) groups is 1. The van der Waals surface area contributed by atoms with Gasteiger partial charge in [0, 0.05) is 10.6 Å². The van der Waals surface area contributed by atoms with Gasteiger partial charge in [0.1, 0.15) is 6.54 Å². The maximum atomic E-state index is 12.4. The molecule has 1 heterocycles. The molecule has 2 N–H and O–H groups in total. The Labute approximate surface area is 158 Å². The fourth-order valence-electron chi connectivity index (χ4n) is 2.12. The minimum absolute atomic E-state index is 0.0673. The molecule has 3 rings (SSSR count). The van der Waals surface area contributed by atoms with Crippen molar-refractivity contribution in [3.8, 4) is 6.07 Å². The predicted octanol–water partition coefficient (Wildman–Crippen LogP) is 3.00. The summed E-state index contributed by atoms with van der Waals surface area (Å²) in [6.07, 6.45) is 0. The molecule has 132 valence electrons. The summed E-state index contributed by atoms with van der Waals surface area (Å²) in [5.74, 6) is -0.384. The van der Waals surface area contributed by atoms with E-state index in [-0.39, 0.29) is 22.5 Å². The number of carbonyl (C=O) groups excluding carboxylic acids is 1. The molecule has 0 fully saturated rings. The van der Waals surface area contributed by atoms with Gasteiger partial charge in [-0.25, -0.2) is 13.4 Å². The SMILES string of the molecule is N#CCNC(=O)c1ccc2nc(NS(=O)(=O)c3ccc(Cl)cc3)sc2c1. The average Bonchev–Trinajstić information content (AvgIpc) is 3.00. The van der Waals surface area contributed by atoms with E-state index >= 15 is 0 Å². The molecule has 0 spiro atoms. The van der Waals surface area contributed by atoms with Crippen LogP contribution in [0.1, 0.15) is 10.4 Å². The number of aromatic nitrogens is 1. The number of sulfonamides is 1. The molecule has 1 amide bonds. The fraction of sp³-hybridized carbons (Fsp3) is 0.0625. The molecule has 7 nitrogen and oxygen atoms in total. The fourth-order valence-corrected chi connectivity index (χ4v) is 4.38. The maximum Gasteiger partial charge on any atom is 0.263 e. The van der Waals surface area contributed by atoms with Gasteiger partial charge in [-0.15, -0.1) is 0 Å². The van der Waals surface area contributed by atoms with Crippen LogP contribution in [0.2, 0.25) is 5.02 Å². The van der Waals surface area contributed by atoms with Gasteiger partial charge < -0.3 is 5.32 Å². The van der Waals surface area contributed by atoms with E-state index in [9.17, 15) is 13.2 Å². The standard InChI is InChI=1S/C16H11ClN4O3S2/c17-11-2-4-12(5-3-11)26(23,24)21-16-20-13-6-1-10(9-14(13)25-16)15(22)19-8-7-18/h1-6,9H,8H2,(H,19,22)(H,20,21). The van der Waals surface area contributed by atoms with Crippen LogP contribution >= 0.6 is 22.9 Å². The summed E-state index contributed by atoms with van der Waals surface area (Å²) >= 11 is 6.88. The second kappa shape index (κ2) is 7.29. The van der Waals surface area contributed by atoms with Crippen molar-refractivity contribution in [1.29, 1.82) is 5.26 Å². The zero-order valence-corrected chi connectivity index (χ0v) is 15.5. The first-order chi connectivity index (χ1) is 12.4. The van der Waals surface area contributed by atoms with E-state index in [0.29, 0.717) is 20.8 Å². The van der Waals surface area contributed by atoms with Gasteiger partial charge in [-0.3, -0.25) is 9.52 Å². The highest BCUT2D eigenvalue weighted by atomic mass is 35.5. The van der Waals surface area contributed by atoms with Crippen molar-refractivity contribution >= 4 is 54.2 Å². The van der Waals surface area contributed by atoms with Crippen molar-refractivity contribution in [2.75, 3.05) is 11.3 Å². The van der Waals surface area contributed by atoms with Crippen molar-refractivity contribution in [1.82, 2.24) is 10.3 Å². The molecule has 26 heavy (non-hydrogen) atoms. The van der Waals surface area contributed by atoms with Gasteiger partial charge in [-0.2, -0.15) is 5.26 Å². The molecule has 3 aromatic rings. The number of thiazole rings is 1. The van der Waals surface area contributed by atoms with Gasteiger partial charge in [0.15, 0.2) is 5.13 Å². The highest BCUT2D eigenvalue weighted by Crippen LogP contribution is 2.28. The number of halogens is 1. The summed E-state index contributed by atoms with van der Waals surface area (Å²) in [4.78, 5) is 16.2. The Morgan fingerprint density at radius 1 is 1.23 bits per heavy atom. The van der Waals surface area contributed by atoms with E-state index in [0.717, 1.165) is 11.3 Å². The second-order valence-corrected chi connectivity index (χ2v) is 8.25. The first-order valence-corrected chi connectivity index (χ1v) is 9.91. The van der Waals surface area contributed by atoms with Gasteiger partial charge in [0.25, 0.3) is 15.9 Å². The third-order valence-corrected chi connectivity index (χ3v) is 5.99. The molecular weight excluding hydrogens is 396 g/mol. The molecule has 2 aromatic carbocycles. The van der Waals surface area contributed by atoms with E-state index in [1.54, 1.807) is 18.2 Å². The number of amides is 1. The van der Waals surface area contributed by atoms with Crippen molar-refractivity contribution < 1.29 is 13.2 Å². The van der Waals surface area contributed by atoms with Gasteiger partial charge in [-0.1, -0.05) is 22.9 Å². The van der Waals surface area contributed by atoms with Crippen LogP contribution in [0, 0.1) is 11.3 Å². The summed E-state index contributed by atoms with van der Waals surface area (Å²) < 4.78 is 27.9. The molecule has 0 unspecified atom stereocenters. The smallest absolute Gasteiger partial charge is 0.263 e. The Morgan fingerprint density at radius 3 is 2.65 bits per heavy atom. The average molecular weight is 407 g/mol. The summed E-state index contributed by atoms with van der Waals surface area (Å²) in [5, 5.41) is 11.6. The monoisotopic (exact) mass is 406 g/mol. The lowest BCUT2D eigenvalue weighted by molar-refractivity contribution is 0.0958. The van der Waals surface area contributed by atoms with Gasteiger partial charge in [-0.05, 0) is 42.5 Å². The minimum Gasteiger partial charge on any atom is -0.339 e. The molecule has 0 aliphatic heterocycles. The molecular formula is C16H11ClN4O3S2. The quantitative estimate of drug-likeness (QED) is 0.632. The van der Waals surface area contributed by atoms with Gasteiger partial charge in [0.05, 0.1) is 21.2 Å². The lowest BCUT2D eigenvalue weighted by atomic mass is 10.2. The van der Waals surface area contributed by atoms with Gasteiger partial charge >= 0.3 is 0 Å². The molecule has 0 radical (unpaired) electrons. The van der Waals surface area contributed by atoms with E-state index in [1.807, 2.05) is 6.07 Å². The van der Waals surface area contributed by atoms with Crippen LogP contribution in [0.15, 0.2) is 47.4 Å². The number of rotatable bonds is 5. The number of nitrogens with one attached hydrogen (secondary N) is 2. The minimum atomic E-state index is -3.79. The largest absolute Gasteiger partial charge is 0.339 e. The third kappa shape index (κ3) is 3.94. The van der Waals surface area contributed by atoms with Crippen LogP contribution in [-0.2, 0) is 10.0 Å². The summed E-state index contributed by atoms with van der Waals surface area (Å²) in [5.41, 5.74) is 0.921. The Bertz CT molecular complexity index is 1120. The molecule has 0 bridgehead atoms. The maximum absolute atomic E-state index is 12.4. The van der Waals surface area contributed by atoms with E-state index in [2.05, 4.69) is 15.0 Å². The number of hydrogen-bond donors (Lipinski definition) is 2.